The van der Waals surface area contributed by atoms with E-state index in [2.05, 4.69) is 20.2 Å². The summed E-state index contributed by atoms with van der Waals surface area (Å²) >= 11 is 0. The summed E-state index contributed by atoms with van der Waals surface area (Å²) in [5.41, 5.74) is 0.266. The number of rotatable bonds is 5. The van der Waals surface area contributed by atoms with E-state index < -0.39 is 0 Å². The predicted molar refractivity (Wildman–Crippen MR) is 96.3 cm³/mol. The molecule has 1 aromatic heterocycles. The fraction of sp³-hybridized carbons (Fsp3) is 0.421. The van der Waals surface area contributed by atoms with Gasteiger partial charge in [0, 0.05) is 32.0 Å². The SMILES string of the molecule is CC1(C)CN(c2ncccn2)CC(CNC(=O)Cc2cccc(F)c2)O1. The molecule has 1 unspecified atom stereocenters. The molecular formula is C19H23FN4O2. The van der Waals surface area contributed by atoms with Crippen LogP contribution >= 0.6 is 0 Å². The normalized spacial score (nSPS) is 19.2. The quantitative estimate of drug-likeness (QED) is 0.885. The molecule has 0 bridgehead atoms. The van der Waals surface area contributed by atoms with Gasteiger partial charge in [0.05, 0.1) is 18.1 Å². The first kappa shape index (κ1) is 18.3. The van der Waals surface area contributed by atoms with Gasteiger partial charge in [0.2, 0.25) is 11.9 Å². The number of nitrogens with zero attached hydrogens (tertiary/aromatic N) is 3. The molecule has 1 saturated heterocycles. The van der Waals surface area contributed by atoms with Gasteiger partial charge in [-0.3, -0.25) is 4.79 Å². The first-order chi connectivity index (χ1) is 12.4. The zero-order valence-electron chi connectivity index (χ0n) is 15.0. The molecule has 6 nitrogen and oxygen atoms in total. The molecule has 138 valence electrons. The average molecular weight is 358 g/mol. The van der Waals surface area contributed by atoms with E-state index in [9.17, 15) is 9.18 Å². The molecule has 1 aromatic carbocycles. The molecule has 26 heavy (non-hydrogen) atoms. The van der Waals surface area contributed by atoms with Crippen molar-refractivity contribution in [2.45, 2.75) is 32.0 Å². The molecule has 0 aliphatic carbocycles. The summed E-state index contributed by atoms with van der Waals surface area (Å²) in [6.45, 7) is 5.65. The number of morpholine rings is 1. The largest absolute Gasteiger partial charge is 0.367 e. The lowest BCUT2D eigenvalue weighted by atomic mass is 10.1. The van der Waals surface area contributed by atoms with Crippen molar-refractivity contribution in [2.75, 3.05) is 24.5 Å². The van der Waals surface area contributed by atoms with Crippen molar-refractivity contribution in [3.8, 4) is 0 Å². The third-order valence-electron chi connectivity index (χ3n) is 4.10. The van der Waals surface area contributed by atoms with E-state index in [0.29, 0.717) is 31.1 Å². The number of carbonyl (C=O) groups is 1. The molecular weight excluding hydrogens is 335 g/mol. The maximum absolute atomic E-state index is 13.2. The zero-order valence-corrected chi connectivity index (χ0v) is 15.0. The Morgan fingerprint density at radius 3 is 2.85 bits per heavy atom. The third-order valence-corrected chi connectivity index (χ3v) is 4.10. The van der Waals surface area contributed by atoms with Crippen LogP contribution in [0.25, 0.3) is 0 Å². The van der Waals surface area contributed by atoms with Crippen LogP contribution in [0.5, 0.6) is 0 Å². The van der Waals surface area contributed by atoms with Crippen molar-refractivity contribution in [1.29, 1.82) is 0 Å². The van der Waals surface area contributed by atoms with Gasteiger partial charge in [0.15, 0.2) is 0 Å². The van der Waals surface area contributed by atoms with Crippen LogP contribution in [0.4, 0.5) is 10.3 Å². The van der Waals surface area contributed by atoms with E-state index in [-0.39, 0.29) is 29.9 Å². The van der Waals surface area contributed by atoms with Crippen LogP contribution in [0.1, 0.15) is 19.4 Å². The van der Waals surface area contributed by atoms with E-state index in [0.717, 1.165) is 0 Å². The number of benzene rings is 1. The Labute approximate surface area is 152 Å². The van der Waals surface area contributed by atoms with E-state index >= 15 is 0 Å². The Kier molecular flexibility index (Phi) is 5.46. The number of amides is 1. The van der Waals surface area contributed by atoms with Gasteiger partial charge < -0.3 is 15.0 Å². The van der Waals surface area contributed by atoms with Crippen molar-refractivity contribution in [1.82, 2.24) is 15.3 Å². The second kappa shape index (κ2) is 7.78. The smallest absolute Gasteiger partial charge is 0.225 e. The first-order valence-corrected chi connectivity index (χ1v) is 8.62. The predicted octanol–water partition coefficient (Wildman–Crippen LogP) is 1.96. The highest BCUT2D eigenvalue weighted by atomic mass is 19.1. The van der Waals surface area contributed by atoms with Crippen molar-refractivity contribution in [2.24, 2.45) is 0 Å². The Bertz CT molecular complexity index is 754. The molecule has 1 atom stereocenters. The lowest BCUT2D eigenvalue weighted by molar-refractivity contribution is -0.123. The van der Waals surface area contributed by atoms with Crippen LogP contribution in [0.3, 0.4) is 0 Å². The molecule has 3 rings (SSSR count). The Balaban J connectivity index is 1.57. The molecule has 0 spiro atoms. The van der Waals surface area contributed by atoms with Gasteiger partial charge >= 0.3 is 0 Å². The van der Waals surface area contributed by atoms with Crippen LogP contribution in [0.15, 0.2) is 42.7 Å². The number of ether oxygens (including phenoxy) is 1. The number of carbonyl (C=O) groups excluding carboxylic acids is 1. The summed E-state index contributed by atoms with van der Waals surface area (Å²) in [6.07, 6.45) is 3.37. The summed E-state index contributed by atoms with van der Waals surface area (Å²) in [4.78, 5) is 22.8. The highest BCUT2D eigenvalue weighted by Gasteiger charge is 2.34. The molecule has 2 aromatic rings. The van der Waals surface area contributed by atoms with E-state index in [1.807, 2.05) is 13.8 Å². The van der Waals surface area contributed by atoms with Gasteiger partial charge in [-0.1, -0.05) is 12.1 Å². The van der Waals surface area contributed by atoms with E-state index in [1.54, 1.807) is 30.6 Å². The fourth-order valence-electron chi connectivity index (χ4n) is 3.13. The maximum atomic E-state index is 13.2. The molecule has 1 N–H and O–H groups in total. The summed E-state index contributed by atoms with van der Waals surface area (Å²) < 4.78 is 19.3. The van der Waals surface area contributed by atoms with Gasteiger partial charge in [0.1, 0.15) is 5.82 Å². The number of anilines is 1. The summed E-state index contributed by atoms with van der Waals surface area (Å²) in [5.74, 6) is 0.149. The number of halogens is 1. The minimum atomic E-state index is -0.380. The topological polar surface area (TPSA) is 67.4 Å². The zero-order chi connectivity index (χ0) is 18.6. The van der Waals surface area contributed by atoms with Crippen molar-refractivity contribution < 1.29 is 13.9 Å². The highest BCUT2D eigenvalue weighted by molar-refractivity contribution is 5.78. The van der Waals surface area contributed by atoms with Gasteiger partial charge in [-0.15, -0.1) is 0 Å². The average Bonchev–Trinajstić information content (AvgIpc) is 2.59. The standard InChI is InChI=1S/C19H23FN4O2/c1-19(2)13-24(18-21-7-4-8-22-18)12-16(26-19)11-23-17(25)10-14-5-3-6-15(20)9-14/h3-9,16H,10-13H2,1-2H3,(H,23,25). The third kappa shape index (κ3) is 4.98. The molecule has 1 amide bonds. The van der Waals surface area contributed by atoms with Crippen LogP contribution in [0.2, 0.25) is 0 Å². The minimum Gasteiger partial charge on any atom is -0.367 e. The Morgan fingerprint density at radius 1 is 1.35 bits per heavy atom. The van der Waals surface area contributed by atoms with Gasteiger partial charge in [-0.25, -0.2) is 14.4 Å². The molecule has 2 heterocycles. The number of hydrogen-bond acceptors (Lipinski definition) is 5. The number of aromatic nitrogens is 2. The van der Waals surface area contributed by atoms with Crippen molar-refractivity contribution in [3.63, 3.8) is 0 Å². The molecule has 7 heteroatoms. The second-order valence-corrected chi connectivity index (χ2v) is 7.04. The van der Waals surface area contributed by atoms with Crippen LogP contribution in [0, 0.1) is 5.82 Å². The monoisotopic (exact) mass is 358 g/mol. The van der Waals surface area contributed by atoms with Crippen molar-refractivity contribution in [3.05, 3.63) is 54.1 Å². The summed E-state index contributed by atoms with van der Waals surface area (Å²) in [7, 11) is 0. The second-order valence-electron chi connectivity index (χ2n) is 7.04. The Morgan fingerprint density at radius 2 is 2.12 bits per heavy atom. The van der Waals surface area contributed by atoms with E-state index in [4.69, 9.17) is 4.74 Å². The lowest BCUT2D eigenvalue weighted by Gasteiger charge is -2.42. The molecule has 1 fully saturated rings. The molecule has 1 aliphatic heterocycles. The molecule has 0 saturated carbocycles. The van der Waals surface area contributed by atoms with E-state index in [1.165, 1.54) is 12.1 Å². The fourth-order valence-corrected chi connectivity index (χ4v) is 3.13. The van der Waals surface area contributed by atoms with Gasteiger partial charge in [-0.05, 0) is 37.6 Å². The maximum Gasteiger partial charge on any atom is 0.225 e. The number of hydrogen-bond donors (Lipinski definition) is 1. The van der Waals surface area contributed by atoms with Crippen LogP contribution in [-0.4, -0.2) is 47.2 Å². The molecule has 1 aliphatic rings. The van der Waals surface area contributed by atoms with Crippen molar-refractivity contribution >= 4 is 11.9 Å². The highest BCUT2D eigenvalue weighted by Crippen LogP contribution is 2.23. The van der Waals surface area contributed by atoms with Gasteiger partial charge in [-0.2, -0.15) is 0 Å². The molecule has 0 radical (unpaired) electrons. The first-order valence-electron chi connectivity index (χ1n) is 8.62. The minimum absolute atomic E-state index is 0.138. The number of nitrogens with one attached hydrogen (secondary N) is 1. The van der Waals surface area contributed by atoms with Crippen LogP contribution < -0.4 is 10.2 Å². The van der Waals surface area contributed by atoms with Gasteiger partial charge in [0.25, 0.3) is 0 Å². The Hall–Kier alpha value is -2.54. The van der Waals surface area contributed by atoms with Crippen LogP contribution in [-0.2, 0) is 16.0 Å². The summed E-state index contributed by atoms with van der Waals surface area (Å²) in [6, 6.07) is 7.84. The lowest BCUT2D eigenvalue weighted by Crippen LogP contribution is -2.56. The summed E-state index contributed by atoms with van der Waals surface area (Å²) in [5, 5.41) is 2.88.